The van der Waals surface area contributed by atoms with E-state index in [0.717, 1.165) is 16.7 Å². The monoisotopic (exact) mass is 246 g/mol. The van der Waals surface area contributed by atoms with Gasteiger partial charge in [-0.2, -0.15) is 13.2 Å². The SMILES string of the molecule is NC(CO)c1nnc2ccc(C(F)(F)F)cn12. The van der Waals surface area contributed by atoms with Crippen LogP contribution in [0.5, 0.6) is 0 Å². The van der Waals surface area contributed by atoms with Gasteiger partial charge in [0.25, 0.3) is 0 Å². The molecular weight excluding hydrogens is 237 g/mol. The molecule has 0 spiro atoms. The Balaban J connectivity index is 2.58. The van der Waals surface area contributed by atoms with E-state index in [-0.39, 0.29) is 11.5 Å². The first-order valence-corrected chi connectivity index (χ1v) is 4.72. The van der Waals surface area contributed by atoms with Crippen LogP contribution in [0.25, 0.3) is 5.65 Å². The van der Waals surface area contributed by atoms with Crippen molar-refractivity contribution in [2.24, 2.45) is 5.73 Å². The first-order valence-electron chi connectivity index (χ1n) is 4.72. The van der Waals surface area contributed by atoms with Gasteiger partial charge in [0.2, 0.25) is 0 Å². The van der Waals surface area contributed by atoms with Crippen molar-refractivity contribution >= 4 is 5.65 Å². The van der Waals surface area contributed by atoms with Gasteiger partial charge in [0.05, 0.1) is 18.2 Å². The first kappa shape index (κ1) is 11.8. The summed E-state index contributed by atoms with van der Waals surface area (Å²) in [6.07, 6.45) is -3.58. The molecule has 0 aliphatic carbocycles. The second kappa shape index (κ2) is 3.97. The van der Waals surface area contributed by atoms with Gasteiger partial charge in [-0.1, -0.05) is 0 Å². The van der Waals surface area contributed by atoms with Gasteiger partial charge in [0, 0.05) is 6.20 Å². The molecule has 0 saturated heterocycles. The van der Waals surface area contributed by atoms with Gasteiger partial charge in [-0.3, -0.25) is 4.40 Å². The number of rotatable bonds is 2. The van der Waals surface area contributed by atoms with E-state index < -0.39 is 24.4 Å². The molecule has 92 valence electrons. The summed E-state index contributed by atoms with van der Waals surface area (Å²) in [6.45, 7) is -0.420. The van der Waals surface area contributed by atoms with Crippen LogP contribution in [0.15, 0.2) is 18.3 Å². The average molecular weight is 246 g/mol. The van der Waals surface area contributed by atoms with Crippen LogP contribution in [0.1, 0.15) is 17.4 Å². The van der Waals surface area contributed by atoms with Crippen molar-refractivity contribution in [2.75, 3.05) is 6.61 Å². The van der Waals surface area contributed by atoms with E-state index >= 15 is 0 Å². The Hall–Kier alpha value is -1.67. The van der Waals surface area contributed by atoms with Crippen LogP contribution in [0.2, 0.25) is 0 Å². The summed E-state index contributed by atoms with van der Waals surface area (Å²) < 4.78 is 38.6. The maximum absolute atomic E-state index is 12.5. The fourth-order valence-corrected chi connectivity index (χ4v) is 1.41. The number of alkyl halides is 3. The highest BCUT2D eigenvalue weighted by Gasteiger charge is 2.31. The molecule has 0 bridgehead atoms. The van der Waals surface area contributed by atoms with Gasteiger partial charge in [-0.15, -0.1) is 10.2 Å². The van der Waals surface area contributed by atoms with Crippen molar-refractivity contribution in [3.05, 3.63) is 29.7 Å². The standard InChI is InChI=1S/C9H9F3N4O/c10-9(11,12)5-1-2-7-14-15-8(6(13)4-17)16(7)3-5/h1-3,6,17H,4,13H2. The van der Waals surface area contributed by atoms with Crippen LogP contribution in [-0.4, -0.2) is 26.3 Å². The van der Waals surface area contributed by atoms with Crippen molar-refractivity contribution in [3.8, 4) is 0 Å². The zero-order chi connectivity index (χ0) is 12.6. The summed E-state index contributed by atoms with van der Waals surface area (Å²) in [4.78, 5) is 0. The van der Waals surface area contributed by atoms with Crippen molar-refractivity contribution in [2.45, 2.75) is 12.2 Å². The Morgan fingerprint density at radius 3 is 2.65 bits per heavy atom. The lowest BCUT2D eigenvalue weighted by molar-refractivity contribution is -0.137. The number of fused-ring (bicyclic) bond motifs is 1. The summed E-state index contributed by atoms with van der Waals surface area (Å²) in [6, 6.07) is 1.25. The van der Waals surface area contributed by atoms with E-state index in [1.54, 1.807) is 0 Å². The third kappa shape index (κ3) is 2.08. The largest absolute Gasteiger partial charge is 0.417 e. The Bertz CT molecular complexity index is 537. The molecule has 0 aromatic carbocycles. The minimum atomic E-state index is -4.45. The lowest BCUT2D eigenvalue weighted by Gasteiger charge is -2.09. The molecule has 2 rings (SSSR count). The molecule has 17 heavy (non-hydrogen) atoms. The number of aliphatic hydroxyl groups excluding tert-OH is 1. The molecule has 0 amide bonds. The number of nitrogens with zero attached hydrogens (tertiary/aromatic N) is 3. The highest BCUT2D eigenvalue weighted by molar-refractivity contribution is 5.40. The predicted molar refractivity (Wildman–Crippen MR) is 52.0 cm³/mol. The summed E-state index contributed by atoms with van der Waals surface area (Å²) in [5, 5.41) is 16.2. The van der Waals surface area contributed by atoms with Gasteiger partial charge in [-0.25, -0.2) is 0 Å². The number of aromatic nitrogens is 3. The van der Waals surface area contributed by atoms with E-state index in [0.29, 0.717) is 0 Å². The van der Waals surface area contributed by atoms with Crippen molar-refractivity contribution in [1.82, 2.24) is 14.6 Å². The molecule has 2 heterocycles. The molecule has 1 unspecified atom stereocenters. The van der Waals surface area contributed by atoms with E-state index in [2.05, 4.69) is 10.2 Å². The number of pyridine rings is 1. The normalized spacial score (nSPS) is 14.2. The van der Waals surface area contributed by atoms with Gasteiger partial charge in [-0.05, 0) is 12.1 Å². The van der Waals surface area contributed by atoms with Crippen LogP contribution in [0, 0.1) is 0 Å². The minimum Gasteiger partial charge on any atom is -0.394 e. The molecule has 8 heteroatoms. The smallest absolute Gasteiger partial charge is 0.394 e. The molecule has 5 nitrogen and oxygen atoms in total. The second-order valence-corrected chi connectivity index (χ2v) is 3.49. The maximum Gasteiger partial charge on any atom is 0.417 e. The molecule has 0 fully saturated rings. The zero-order valence-electron chi connectivity index (χ0n) is 8.52. The van der Waals surface area contributed by atoms with Crippen LogP contribution in [0.4, 0.5) is 13.2 Å². The lowest BCUT2D eigenvalue weighted by atomic mass is 10.2. The minimum absolute atomic E-state index is 0.0913. The Morgan fingerprint density at radius 2 is 2.06 bits per heavy atom. The van der Waals surface area contributed by atoms with E-state index in [1.807, 2.05) is 0 Å². The van der Waals surface area contributed by atoms with Gasteiger partial charge in [0.15, 0.2) is 11.5 Å². The van der Waals surface area contributed by atoms with Crippen LogP contribution in [-0.2, 0) is 6.18 Å². The molecule has 0 saturated carbocycles. The molecule has 0 aliphatic rings. The van der Waals surface area contributed by atoms with E-state index in [4.69, 9.17) is 10.8 Å². The predicted octanol–water partition coefficient (Wildman–Crippen LogP) is 0.740. The van der Waals surface area contributed by atoms with Crippen LogP contribution < -0.4 is 5.73 Å². The Kier molecular flexibility index (Phi) is 2.76. The topological polar surface area (TPSA) is 76.4 Å². The molecule has 0 aliphatic heterocycles. The third-order valence-corrected chi connectivity index (χ3v) is 2.28. The fraction of sp³-hybridized carbons (Fsp3) is 0.333. The highest BCUT2D eigenvalue weighted by atomic mass is 19.4. The maximum atomic E-state index is 12.5. The molecule has 0 radical (unpaired) electrons. The average Bonchev–Trinajstić information content (AvgIpc) is 2.69. The Morgan fingerprint density at radius 1 is 1.35 bits per heavy atom. The van der Waals surface area contributed by atoms with E-state index in [9.17, 15) is 13.2 Å². The summed E-state index contributed by atoms with van der Waals surface area (Å²) in [5.41, 5.74) is 4.93. The quantitative estimate of drug-likeness (QED) is 0.819. The number of aliphatic hydroxyl groups is 1. The molecule has 3 N–H and O–H groups in total. The van der Waals surface area contributed by atoms with Gasteiger partial charge >= 0.3 is 6.18 Å². The van der Waals surface area contributed by atoms with E-state index in [1.165, 1.54) is 6.07 Å². The third-order valence-electron chi connectivity index (χ3n) is 2.28. The van der Waals surface area contributed by atoms with Crippen molar-refractivity contribution < 1.29 is 18.3 Å². The lowest BCUT2D eigenvalue weighted by Crippen LogP contribution is -2.18. The molecule has 2 aromatic rings. The molecule has 1 atom stereocenters. The number of halogens is 3. The van der Waals surface area contributed by atoms with Crippen molar-refractivity contribution in [1.29, 1.82) is 0 Å². The highest BCUT2D eigenvalue weighted by Crippen LogP contribution is 2.29. The molecule has 2 aromatic heterocycles. The summed E-state index contributed by atoms with van der Waals surface area (Å²) in [7, 11) is 0. The number of hydrogen-bond acceptors (Lipinski definition) is 4. The number of hydrogen-bond donors (Lipinski definition) is 2. The molecular formula is C9H9F3N4O. The summed E-state index contributed by atoms with van der Waals surface area (Å²) >= 11 is 0. The van der Waals surface area contributed by atoms with Crippen LogP contribution in [0.3, 0.4) is 0 Å². The summed E-state index contributed by atoms with van der Waals surface area (Å²) in [5.74, 6) is 0.0913. The van der Waals surface area contributed by atoms with Gasteiger partial charge < -0.3 is 10.8 Å². The first-order chi connectivity index (χ1) is 7.93. The number of nitrogens with two attached hydrogens (primary N) is 1. The van der Waals surface area contributed by atoms with Crippen molar-refractivity contribution in [3.63, 3.8) is 0 Å². The van der Waals surface area contributed by atoms with Crippen LogP contribution >= 0.6 is 0 Å². The fourth-order valence-electron chi connectivity index (χ4n) is 1.41. The zero-order valence-corrected chi connectivity index (χ0v) is 8.52. The van der Waals surface area contributed by atoms with Gasteiger partial charge in [0.1, 0.15) is 0 Å². The second-order valence-electron chi connectivity index (χ2n) is 3.49. The Labute approximate surface area is 93.7 Å².